The quantitative estimate of drug-likeness (QED) is 0.772. The van der Waals surface area contributed by atoms with Gasteiger partial charge in [0.15, 0.2) is 5.13 Å². The van der Waals surface area contributed by atoms with Crippen molar-refractivity contribution in [3.05, 3.63) is 48.0 Å². The zero-order chi connectivity index (χ0) is 17.1. The van der Waals surface area contributed by atoms with E-state index < -0.39 is 0 Å². The second-order valence-electron chi connectivity index (χ2n) is 5.68. The molecule has 1 unspecified atom stereocenters. The van der Waals surface area contributed by atoms with Gasteiger partial charge in [-0.2, -0.15) is 0 Å². The summed E-state index contributed by atoms with van der Waals surface area (Å²) in [6.07, 6.45) is 2.95. The number of nitrogens with zero attached hydrogens (tertiary/aromatic N) is 4. The van der Waals surface area contributed by atoms with Gasteiger partial charge in [-0.05, 0) is 31.5 Å². The van der Waals surface area contributed by atoms with E-state index >= 15 is 0 Å². The van der Waals surface area contributed by atoms with Crippen LogP contribution in [0.5, 0.6) is 0 Å². The lowest BCUT2D eigenvalue weighted by Crippen LogP contribution is -2.39. The summed E-state index contributed by atoms with van der Waals surface area (Å²) in [6, 6.07) is 7.73. The van der Waals surface area contributed by atoms with Crippen molar-refractivity contribution in [2.45, 2.75) is 19.9 Å². The van der Waals surface area contributed by atoms with Crippen molar-refractivity contribution in [2.75, 3.05) is 18.9 Å². The second-order valence-corrected chi connectivity index (χ2v) is 6.68. The third-order valence-corrected chi connectivity index (χ3v) is 5.11. The van der Waals surface area contributed by atoms with Gasteiger partial charge in [-0.3, -0.25) is 4.79 Å². The van der Waals surface area contributed by atoms with Crippen LogP contribution in [0.15, 0.2) is 36.8 Å². The monoisotopic (exact) mass is 341 g/mol. The molecule has 3 aromatic rings. The van der Waals surface area contributed by atoms with E-state index in [4.69, 9.17) is 0 Å². The van der Waals surface area contributed by atoms with Crippen LogP contribution in [0.4, 0.5) is 5.13 Å². The van der Waals surface area contributed by atoms with Gasteiger partial charge >= 0.3 is 0 Å². The number of carbonyl (C=O) groups is 1. The number of aromatic nitrogens is 3. The molecule has 6 nitrogen and oxygen atoms in total. The zero-order valence-corrected chi connectivity index (χ0v) is 14.7. The molecule has 0 spiro atoms. The molecule has 2 heterocycles. The van der Waals surface area contributed by atoms with Crippen LogP contribution in [0.1, 0.15) is 23.0 Å². The standard InChI is InChI=1S/C17H19N5OS/c1-11-5-4-6-13-15(11)24-17(21-13)19-9-12(2)22(3)16(23)14-7-8-18-10-20-14/h4-8,10,12H,9H2,1-3H3,(H,19,21). The highest BCUT2D eigenvalue weighted by atomic mass is 32.1. The fourth-order valence-corrected chi connectivity index (χ4v) is 3.27. The zero-order valence-electron chi connectivity index (χ0n) is 13.9. The molecule has 124 valence electrons. The predicted octanol–water partition coefficient (Wildman–Crippen LogP) is 2.97. The first-order chi connectivity index (χ1) is 11.6. The lowest BCUT2D eigenvalue weighted by molar-refractivity contribution is 0.0745. The molecule has 1 amide bonds. The van der Waals surface area contributed by atoms with Gasteiger partial charge in [0.1, 0.15) is 12.0 Å². The van der Waals surface area contributed by atoms with Gasteiger partial charge in [-0.1, -0.05) is 23.5 Å². The Morgan fingerprint density at radius 2 is 2.21 bits per heavy atom. The van der Waals surface area contributed by atoms with E-state index in [1.807, 2.05) is 19.1 Å². The van der Waals surface area contributed by atoms with Gasteiger partial charge < -0.3 is 10.2 Å². The summed E-state index contributed by atoms with van der Waals surface area (Å²) in [5, 5.41) is 4.20. The molecule has 0 aliphatic carbocycles. The Morgan fingerprint density at radius 3 is 2.92 bits per heavy atom. The van der Waals surface area contributed by atoms with Gasteiger partial charge in [0, 0.05) is 25.8 Å². The maximum absolute atomic E-state index is 12.4. The molecule has 0 saturated carbocycles. The number of rotatable bonds is 5. The lowest BCUT2D eigenvalue weighted by atomic mass is 10.2. The number of nitrogens with one attached hydrogen (secondary N) is 1. The summed E-state index contributed by atoms with van der Waals surface area (Å²) >= 11 is 1.64. The summed E-state index contributed by atoms with van der Waals surface area (Å²) in [4.78, 5) is 26.5. The Balaban J connectivity index is 1.64. The minimum Gasteiger partial charge on any atom is -0.359 e. The lowest BCUT2D eigenvalue weighted by Gasteiger charge is -2.24. The Bertz CT molecular complexity index is 849. The fourth-order valence-electron chi connectivity index (χ4n) is 2.33. The molecule has 24 heavy (non-hydrogen) atoms. The molecule has 0 saturated heterocycles. The van der Waals surface area contributed by atoms with Crippen molar-refractivity contribution in [3.8, 4) is 0 Å². The molecular weight excluding hydrogens is 322 g/mol. The number of thiazole rings is 1. The highest BCUT2D eigenvalue weighted by Crippen LogP contribution is 2.28. The number of anilines is 1. The smallest absolute Gasteiger partial charge is 0.272 e. The number of likely N-dealkylation sites (N-methyl/N-ethyl adjacent to an activating group) is 1. The fraction of sp³-hybridized carbons (Fsp3) is 0.294. The third kappa shape index (κ3) is 3.35. The van der Waals surface area contributed by atoms with Crippen LogP contribution in [0.2, 0.25) is 0 Å². The Labute approximate surface area is 144 Å². The Hall–Kier alpha value is -2.54. The first-order valence-corrected chi connectivity index (χ1v) is 8.51. The number of hydrogen-bond acceptors (Lipinski definition) is 6. The number of benzene rings is 1. The molecule has 0 fully saturated rings. The van der Waals surface area contributed by atoms with Crippen LogP contribution in [0, 0.1) is 6.92 Å². The number of amides is 1. The van der Waals surface area contributed by atoms with Crippen LogP contribution in [-0.2, 0) is 0 Å². The van der Waals surface area contributed by atoms with E-state index in [0.717, 1.165) is 10.6 Å². The molecule has 1 N–H and O–H groups in total. The van der Waals surface area contributed by atoms with Crippen molar-refractivity contribution in [1.29, 1.82) is 0 Å². The van der Waals surface area contributed by atoms with E-state index in [9.17, 15) is 4.79 Å². The van der Waals surface area contributed by atoms with Gasteiger partial charge in [-0.15, -0.1) is 0 Å². The van der Waals surface area contributed by atoms with E-state index in [2.05, 4.69) is 33.3 Å². The topological polar surface area (TPSA) is 71.0 Å². The van der Waals surface area contributed by atoms with Gasteiger partial charge in [0.05, 0.1) is 10.2 Å². The number of fused-ring (bicyclic) bond motifs is 1. The molecule has 1 atom stereocenters. The molecular formula is C17H19N5OS. The van der Waals surface area contributed by atoms with E-state index in [-0.39, 0.29) is 11.9 Å². The number of hydrogen-bond donors (Lipinski definition) is 1. The van der Waals surface area contributed by atoms with Crippen LogP contribution >= 0.6 is 11.3 Å². The first-order valence-electron chi connectivity index (χ1n) is 7.69. The molecule has 0 aliphatic rings. The first kappa shape index (κ1) is 16.3. The van der Waals surface area contributed by atoms with Crippen molar-refractivity contribution >= 4 is 32.6 Å². The normalized spacial score (nSPS) is 12.1. The molecule has 2 aromatic heterocycles. The summed E-state index contributed by atoms with van der Waals surface area (Å²) in [5.41, 5.74) is 2.62. The number of carbonyl (C=O) groups excluding carboxylic acids is 1. The molecule has 0 aliphatic heterocycles. The molecule has 3 rings (SSSR count). The Kier molecular flexibility index (Phi) is 4.71. The number of aryl methyl sites for hydroxylation is 1. The molecule has 0 bridgehead atoms. The van der Waals surface area contributed by atoms with Gasteiger partial charge in [0.25, 0.3) is 5.91 Å². The largest absolute Gasteiger partial charge is 0.359 e. The van der Waals surface area contributed by atoms with E-state index in [1.165, 1.54) is 16.6 Å². The minimum absolute atomic E-state index is 0.000532. The third-order valence-electron chi connectivity index (χ3n) is 3.94. The van der Waals surface area contributed by atoms with Crippen molar-refractivity contribution in [1.82, 2.24) is 19.9 Å². The molecule has 1 aromatic carbocycles. The minimum atomic E-state index is -0.119. The van der Waals surface area contributed by atoms with Gasteiger partial charge in [0.2, 0.25) is 0 Å². The van der Waals surface area contributed by atoms with Crippen molar-refractivity contribution in [2.24, 2.45) is 0 Å². The summed E-state index contributed by atoms with van der Waals surface area (Å²) < 4.78 is 1.19. The molecule has 7 heteroatoms. The van der Waals surface area contributed by atoms with Gasteiger partial charge in [-0.25, -0.2) is 15.0 Å². The SMILES string of the molecule is Cc1cccc2nc(NCC(C)N(C)C(=O)c3ccncn3)sc12. The average molecular weight is 341 g/mol. The second kappa shape index (κ2) is 6.92. The highest BCUT2D eigenvalue weighted by Gasteiger charge is 2.18. The van der Waals surface area contributed by atoms with Crippen molar-refractivity contribution in [3.63, 3.8) is 0 Å². The maximum atomic E-state index is 12.4. The summed E-state index contributed by atoms with van der Waals surface area (Å²) in [6.45, 7) is 4.69. The van der Waals surface area contributed by atoms with Crippen LogP contribution in [-0.4, -0.2) is 45.4 Å². The molecule has 0 radical (unpaired) electrons. The van der Waals surface area contributed by atoms with Crippen LogP contribution in [0.25, 0.3) is 10.2 Å². The van der Waals surface area contributed by atoms with Crippen LogP contribution < -0.4 is 5.32 Å². The Morgan fingerprint density at radius 1 is 1.38 bits per heavy atom. The van der Waals surface area contributed by atoms with Crippen LogP contribution in [0.3, 0.4) is 0 Å². The van der Waals surface area contributed by atoms with E-state index in [0.29, 0.717) is 12.2 Å². The summed E-state index contributed by atoms with van der Waals surface area (Å²) in [7, 11) is 1.78. The van der Waals surface area contributed by atoms with E-state index in [1.54, 1.807) is 35.5 Å². The summed E-state index contributed by atoms with van der Waals surface area (Å²) in [5.74, 6) is -0.119. The van der Waals surface area contributed by atoms with Crippen molar-refractivity contribution < 1.29 is 4.79 Å². The predicted molar refractivity (Wildman–Crippen MR) is 96.4 cm³/mol. The average Bonchev–Trinajstić information content (AvgIpc) is 3.03. The maximum Gasteiger partial charge on any atom is 0.272 e. The highest BCUT2D eigenvalue weighted by molar-refractivity contribution is 7.22.